The maximum absolute atomic E-state index is 12.8. The van der Waals surface area contributed by atoms with Gasteiger partial charge in [-0.15, -0.1) is 0 Å². The first-order chi connectivity index (χ1) is 9.58. The van der Waals surface area contributed by atoms with Crippen LogP contribution in [-0.2, 0) is 4.74 Å². The number of carbonyl (C=O) groups excluding carboxylic acids is 1. The first-order valence-electron chi connectivity index (χ1n) is 5.94. The van der Waals surface area contributed by atoms with Crippen molar-refractivity contribution in [2.45, 2.75) is 0 Å². The number of hydrogen-bond acceptors (Lipinski definition) is 3. The molecule has 0 bridgehead atoms. The first-order valence-corrected chi connectivity index (χ1v) is 5.94. The number of halogens is 1. The molecule has 0 aliphatic rings. The van der Waals surface area contributed by atoms with Crippen molar-refractivity contribution in [1.29, 1.82) is 0 Å². The van der Waals surface area contributed by atoms with Gasteiger partial charge in [0.05, 0.1) is 12.7 Å². The maximum Gasteiger partial charge on any atom is 0.338 e. The van der Waals surface area contributed by atoms with Crippen molar-refractivity contribution < 1.29 is 19.0 Å². The number of hydrogen-bond donors (Lipinski definition) is 1. The van der Waals surface area contributed by atoms with Crippen molar-refractivity contribution in [2.75, 3.05) is 7.11 Å². The Hall–Kier alpha value is -2.62. The van der Waals surface area contributed by atoms with Crippen LogP contribution in [0.15, 0.2) is 42.5 Å². The summed E-state index contributed by atoms with van der Waals surface area (Å²) in [5.41, 5.74) is 1.73. The molecule has 1 N–H and O–H groups in total. The average molecular weight is 272 g/mol. The van der Waals surface area contributed by atoms with Gasteiger partial charge in [-0.1, -0.05) is 24.3 Å². The summed E-state index contributed by atoms with van der Waals surface area (Å²) >= 11 is 0. The topological polar surface area (TPSA) is 46.5 Å². The lowest BCUT2D eigenvalue weighted by Crippen LogP contribution is -2.00. The Balaban J connectivity index is 2.26. The van der Waals surface area contributed by atoms with Crippen LogP contribution in [0.1, 0.15) is 21.5 Å². The molecule has 2 rings (SSSR count). The van der Waals surface area contributed by atoms with Crippen LogP contribution in [0.3, 0.4) is 0 Å². The second-order valence-corrected chi connectivity index (χ2v) is 4.19. The molecular formula is C16H13FO3. The maximum atomic E-state index is 12.8. The van der Waals surface area contributed by atoms with E-state index in [1.54, 1.807) is 30.4 Å². The largest absolute Gasteiger partial charge is 0.508 e. The molecule has 2 aromatic rings. The number of phenols is 1. The van der Waals surface area contributed by atoms with Crippen molar-refractivity contribution in [3.05, 3.63) is 65.0 Å². The summed E-state index contributed by atoms with van der Waals surface area (Å²) in [5.74, 6) is -0.837. The summed E-state index contributed by atoms with van der Waals surface area (Å²) in [7, 11) is 1.28. The molecule has 0 radical (unpaired) electrons. The highest BCUT2D eigenvalue weighted by Crippen LogP contribution is 2.18. The molecule has 102 valence electrons. The summed E-state index contributed by atoms with van der Waals surface area (Å²) in [5, 5.41) is 9.58. The molecule has 0 atom stereocenters. The molecule has 0 aliphatic carbocycles. The van der Waals surface area contributed by atoms with Crippen molar-refractivity contribution in [3.8, 4) is 5.75 Å². The normalized spacial score (nSPS) is 10.7. The van der Waals surface area contributed by atoms with Crippen LogP contribution < -0.4 is 0 Å². The van der Waals surface area contributed by atoms with Crippen molar-refractivity contribution in [2.24, 2.45) is 0 Å². The van der Waals surface area contributed by atoms with E-state index in [0.29, 0.717) is 5.56 Å². The van der Waals surface area contributed by atoms with Gasteiger partial charge in [-0.3, -0.25) is 0 Å². The Morgan fingerprint density at radius 1 is 1.10 bits per heavy atom. The minimum absolute atomic E-state index is 0.0216. The van der Waals surface area contributed by atoms with Gasteiger partial charge in [-0.25, -0.2) is 9.18 Å². The standard InChI is InChI=1S/C16H13FO3/c1-20-16(19)13-8-12(9-15(18)10-13)3-2-11-4-6-14(17)7-5-11/h2-10,18H,1H3. The molecule has 0 saturated heterocycles. The summed E-state index contributed by atoms with van der Waals surface area (Å²) in [6, 6.07) is 10.5. The van der Waals surface area contributed by atoms with Crippen LogP contribution in [0.25, 0.3) is 12.2 Å². The van der Waals surface area contributed by atoms with E-state index in [0.717, 1.165) is 5.56 Å². The lowest BCUT2D eigenvalue weighted by atomic mass is 10.1. The van der Waals surface area contributed by atoms with Gasteiger partial charge in [0.25, 0.3) is 0 Å². The minimum Gasteiger partial charge on any atom is -0.508 e. The smallest absolute Gasteiger partial charge is 0.338 e. The Kier molecular flexibility index (Phi) is 4.15. The Morgan fingerprint density at radius 3 is 2.40 bits per heavy atom. The predicted octanol–water partition coefficient (Wildman–Crippen LogP) is 3.49. The molecule has 0 heterocycles. The van der Waals surface area contributed by atoms with E-state index in [9.17, 15) is 14.3 Å². The number of rotatable bonds is 3. The van der Waals surface area contributed by atoms with Gasteiger partial charge in [0.1, 0.15) is 11.6 Å². The minimum atomic E-state index is -0.516. The van der Waals surface area contributed by atoms with Crippen LogP contribution in [0.2, 0.25) is 0 Å². The van der Waals surface area contributed by atoms with Gasteiger partial charge in [0.15, 0.2) is 0 Å². The molecule has 20 heavy (non-hydrogen) atoms. The Labute approximate surface area is 115 Å². The molecule has 0 aromatic heterocycles. The van der Waals surface area contributed by atoms with E-state index in [1.165, 1.54) is 31.4 Å². The fourth-order valence-electron chi connectivity index (χ4n) is 1.73. The lowest BCUT2D eigenvalue weighted by molar-refractivity contribution is 0.0600. The van der Waals surface area contributed by atoms with Gasteiger partial charge < -0.3 is 9.84 Å². The highest BCUT2D eigenvalue weighted by Gasteiger charge is 2.07. The van der Waals surface area contributed by atoms with E-state index in [4.69, 9.17) is 0 Å². The average Bonchev–Trinajstić information content (AvgIpc) is 2.45. The van der Waals surface area contributed by atoms with Gasteiger partial charge in [0, 0.05) is 0 Å². The molecule has 0 amide bonds. The third-order valence-electron chi connectivity index (χ3n) is 2.70. The second kappa shape index (κ2) is 6.02. The van der Waals surface area contributed by atoms with Gasteiger partial charge >= 0.3 is 5.97 Å². The molecule has 4 heteroatoms. The summed E-state index contributed by atoms with van der Waals surface area (Å²) in [6.45, 7) is 0. The van der Waals surface area contributed by atoms with E-state index >= 15 is 0 Å². The molecule has 2 aromatic carbocycles. The zero-order valence-corrected chi connectivity index (χ0v) is 10.8. The van der Waals surface area contributed by atoms with E-state index in [-0.39, 0.29) is 17.1 Å². The van der Waals surface area contributed by atoms with E-state index in [2.05, 4.69) is 4.74 Å². The van der Waals surface area contributed by atoms with Crippen LogP contribution in [-0.4, -0.2) is 18.2 Å². The molecule has 0 aliphatic heterocycles. The van der Waals surface area contributed by atoms with Gasteiger partial charge in [-0.2, -0.15) is 0 Å². The Bertz CT molecular complexity index is 645. The molecule has 0 fully saturated rings. The highest BCUT2D eigenvalue weighted by atomic mass is 19.1. The van der Waals surface area contributed by atoms with Crippen LogP contribution in [0, 0.1) is 5.82 Å². The fourth-order valence-corrected chi connectivity index (χ4v) is 1.73. The number of benzene rings is 2. The monoisotopic (exact) mass is 272 g/mol. The predicted molar refractivity (Wildman–Crippen MR) is 74.8 cm³/mol. The number of aromatic hydroxyl groups is 1. The van der Waals surface area contributed by atoms with Crippen molar-refractivity contribution >= 4 is 18.1 Å². The number of carbonyl (C=O) groups is 1. The first kappa shape index (κ1) is 13.8. The highest BCUT2D eigenvalue weighted by molar-refractivity contribution is 5.91. The lowest BCUT2D eigenvalue weighted by Gasteiger charge is -2.02. The molecule has 0 saturated carbocycles. The summed E-state index contributed by atoms with van der Waals surface area (Å²) < 4.78 is 17.4. The number of methoxy groups -OCH3 is 1. The van der Waals surface area contributed by atoms with Gasteiger partial charge in [-0.05, 0) is 41.5 Å². The third kappa shape index (κ3) is 3.45. The summed E-state index contributed by atoms with van der Waals surface area (Å²) in [4.78, 5) is 11.4. The Morgan fingerprint density at radius 2 is 1.75 bits per heavy atom. The van der Waals surface area contributed by atoms with Crippen LogP contribution >= 0.6 is 0 Å². The van der Waals surface area contributed by atoms with Crippen molar-refractivity contribution in [1.82, 2.24) is 0 Å². The second-order valence-electron chi connectivity index (χ2n) is 4.19. The summed E-state index contributed by atoms with van der Waals surface area (Å²) in [6.07, 6.45) is 3.48. The zero-order valence-electron chi connectivity index (χ0n) is 10.8. The third-order valence-corrected chi connectivity index (χ3v) is 2.70. The van der Waals surface area contributed by atoms with E-state index in [1.807, 2.05) is 0 Å². The fraction of sp³-hybridized carbons (Fsp3) is 0.0625. The molecule has 3 nitrogen and oxygen atoms in total. The van der Waals surface area contributed by atoms with Gasteiger partial charge in [0.2, 0.25) is 0 Å². The van der Waals surface area contributed by atoms with Crippen LogP contribution in [0.5, 0.6) is 5.75 Å². The van der Waals surface area contributed by atoms with E-state index < -0.39 is 5.97 Å². The van der Waals surface area contributed by atoms with Crippen molar-refractivity contribution in [3.63, 3.8) is 0 Å². The molecule has 0 spiro atoms. The molecule has 0 unspecified atom stereocenters. The quantitative estimate of drug-likeness (QED) is 0.687. The number of esters is 1. The molecular weight excluding hydrogens is 259 g/mol. The number of ether oxygens (including phenoxy) is 1. The SMILES string of the molecule is COC(=O)c1cc(O)cc(C=Cc2ccc(F)cc2)c1. The zero-order chi connectivity index (χ0) is 14.5. The van der Waals surface area contributed by atoms with Crippen LogP contribution in [0.4, 0.5) is 4.39 Å². The number of phenolic OH excluding ortho intramolecular Hbond substituents is 1.